The number of hydrogen-bond donors (Lipinski definition) is 1. The summed E-state index contributed by atoms with van der Waals surface area (Å²) in [6.45, 7) is 9.86. The molecule has 2 aromatic rings. The van der Waals surface area contributed by atoms with Crippen molar-refractivity contribution in [3.05, 3.63) is 34.2 Å². The molecule has 2 heteroatoms. The van der Waals surface area contributed by atoms with Crippen molar-refractivity contribution < 1.29 is 0 Å². The molecule has 0 amide bonds. The molecule has 0 saturated carbocycles. The van der Waals surface area contributed by atoms with Crippen LogP contribution in [0.4, 0.5) is 0 Å². The van der Waals surface area contributed by atoms with Crippen molar-refractivity contribution in [2.75, 3.05) is 0 Å². The fourth-order valence-corrected chi connectivity index (χ4v) is 3.50. The third-order valence-electron chi connectivity index (χ3n) is 3.12. The van der Waals surface area contributed by atoms with Gasteiger partial charge in [-0.15, -0.1) is 11.3 Å². The van der Waals surface area contributed by atoms with E-state index in [1.54, 1.807) is 0 Å². The Hall–Kier alpha value is -0.860. The second-order valence-electron chi connectivity index (χ2n) is 4.84. The molecule has 0 fully saturated rings. The van der Waals surface area contributed by atoms with Crippen LogP contribution in [0.3, 0.4) is 0 Å². The molecule has 0 radical (unpaired) electrons. The minimum Gasteiger partial charge on any atom is -0.310 e. The zero-order valence-electron chi connectivity index (χ0n) is 11.1. The lowest BCUT2D eigenvalue weighted by Gasteiger charge is -2.07. The van der Waals surface area contributed by atoms with Gasteiger partial charge in [0, 0.05) is 22.2 Å². The van der Waals surface area contributed by atoms with Crippen LogP contribution >= 0.6 is 11.3 Å². The fraction of sp³-hybridized carbons (Fsp3) is 0.467. The Morgan fingerprint density at radius 3 is 2.71 bits per heavy atom. The fourth-order valence-electron chi connectivity index (χ4n) is 2.19. The first-order valence-electron chi connectivity index (χ1n) is 6.36. The van der Waals surface area contributed by atoms with E-state index >= 15 is 0 Å². The first kappa shape index (κ1) is 12.6. The largest absolute Gasteiger partial charge is 0.310 e. The highest BCUT2D eigenvalue weighted by molar-refractivity contribution is 7.19. The highest BCUT2D eigenvalue weighted by Gasteiger charge is 2.11. The summed E-state index contributed by atoms with van der Waals surface area (Å²) in [5.41, 5.74) is 2.93. The first-order valence-corrected chi connectivity index (χ1v) is 7.18. The number of benzene rings is 1. The summed E-state index contributed by atoms with van der Waals surface area (Å²) >= 11 is 1.95. The molecule has 92 valence electrons. The second kappa shape index (κ2) is 5.19. The van der Waals surface area contributed by atoms with Crippen LogP contribution in [0, 0.1) is 6.92 Å². The molecule has 1 heterocycles. The Balaban J connectivity index is 2.44. The van der Waals surface area contributed by atoms with Gasteiger partial charge in [-0.05, 0) is 29.9 Å². The van der Waals surface area contributed by atoms with Crippen LogP contribution in [0.25, 0.3) is 10.1 Å². The van der Waals surface area contributed by atoms with E-state index < -0.39 is 0 Å². The minimum absolute atomic E-state index is 0.547. The van der Waals surface area contributed by atoms with Crippen molar-refractivity contribution in [1.29, 1.82) is 0 Å². The van der Waals surface area contributed by atoms with Gasteiger partial charge >= 0.3 is 0 Å². The molecule has 1 aromatic carbocycles. The number of thiophene rings is 1. The number of hydrogen-bond acceptors (Lipinski definition) is 2. The summed E-state index contributed by atoms with van der Waals surface area (Å²) in [6.07, 6.45) is 1.12. The van der Waals surface area contributed by atoms with E-state index in [9.17, 15) is 0 Å². The van der Waals surface area contributed by atoms with Gasteiger partial charge in [-0.25, -0.2) is 0 Å². The van der Waals surface area contributed by atoms with Gasteiger partial charge in [0.1, 0.15) is 0 Å². The van der Waals surface area contributed by atoms with Gasteiger partial charge in [-0.1, -0.05) is 39.0 Å². The van der Waals surface area contributed by atoms with E-state index in [2.05, 4.69) is 51.2 Å². The van der Waals surface area contributed by atoms with E-state index in [4.69, 9.17) is 0 Å². The average Bonchev–Trinajstić information content (AvgIpc) is 2.65. The van der Waals surface area contributed by atoms with Crippen molar-refractivity contribution in [3.8, 4) is 0 Å². The zero-order valence-corrected chi connectivity index (χ0v) is 11.9. The van der Waals surface area contributed by atoms with E-state index in [0.29, 0.717) is 6.04 Å². The molecule has 0 aliphatic heterocycles. The van der Waals surface area contributed by atoms with Crippen molar-refractivity contribution in [2.45, 2.75) is 46.7 Å². The van der Waals surface area contributed by atoms with Crippen LogP contribution in [-0.2, 0) is 13.0 Å². The molecular weight excluding hydrogens is 226 g/mol. The van der Waals surface area contributed by atoms with Crippen molar-refractivity contribution >= 4 is 21.4 Å². The molecule has 0 saturated heterocycles. The topological polar surface area (TPSA) is 12.0 Å². The molecule has 17 heavy (non-hydrogen) atoms. The van der Waals surface area contributed by atoms with Gasteiger partial charge in [0.05, 0.1) is 0 Å². The molecule has 1 N–H and O–H groups in total. The number of aryl methyl sites for hydroxylation is 2. The van der Waals surface area contributed by atoms with Crippen LogP contribution in [0.2, 0.25) is 0 Å². The number of rotatable bonds is 4. The molecule has 1 nitrogen and oxygen atoms in total. The predicted molar refractivity (Wildman–Crippen MR) is 77.9 cm³/mol. The van der Waals surface area contributed by atoms with Gasteiger partial charge in [0.15, 0.2) is 0 Å². The maximum absolute atomic E-state index is 3.53. The van der Waals surface area contributed by atoms with Crippen LogP contribution in [0.15, 0.2) is 18.2 Å². The Bertz CT molecular complexity index is 511. The normalized spacial score (nSPS) is 11.6. The van der Waals surface area contributed by atoms with Gasteiger partial charge in [-0.2, -0.15) is 0 Å². The maximum atomic E-state index is 3.53. The van der Waals surface area contributed by atoms with Crippen LogP contribution in [-0.4, -0.2) is 6.04 Å². The van der Waals surface area contributed by atoms with E-state index in [1.165, 1.54) is 26.1 Å². The van der Waals surface area contributed by atoms with Gasteiger partial charge < -0.3 is 5.32 Å². The third-order valence-corrected chi connectivity index (χ3v) is 4.51. The summed E-state index contributed by atoms with van der Waals surface area (Å²) in [4.78, 5) is 1.51. The number of nitrogens with one attached hydrogen (secondary N) is 1. The zero-order chi connectivity index (χ0) is 12.4. The first-order chi connectivity index (χ1) is 8.13. The summed E-state index contributed by atoms with van der Waals surface area (Å²) < 4.78 is 1.46. The van der Waals surface area contributed by atoms with Gasteiger partial charge in [-0.3, -0.25) is 0 Å². The molecular formula is C15H21NS. The summed E-state index contributed by atoms with van der Waals surface area (Å²) in [5, 5.41) is 4.98. The minimum atomic E-state index is 0.547. The van der Waals surface area contributed by atoms with Crippen molar-refractivity contribution in [1.82, 2.24) is 5.32 Å². The second-order valence-corrected chi connectivity index (χ2v) is 5.95. The SMILES string of the molecule is CCc1c(CNC(C)C)sc2c(C)cccc12. The highest BCUT2D eigenvalue weighted by atomic mass is 32.1. The summed E-state index contributed by atoms with van der Waals surface area (Å²) in [6, 6.07) is 7.18. The Morgan fingerprint density at radius 1 is 1.29 bits per heavy atom. The molecule has 1 aromatic heterocycles. The van der Waals surface area contributed by atoms with Gasteiger partial charge in [0.2, 0.25) is 0 Å². The standard InChI is InChI=1S/C15H21NS/c1-5-12-13-8-6-7-11(4)15(13)17-14(12)9-16-10(2)3/h6-8,10,16H,5,9H2,1-4H3. The lowest BCUT2D eigenvalue weighted by Crippen LogP contribution is -2.21. The molecule has 0 aliphatic carbocycles. The molecule has 0 bridgehead atoms. The van der Waals surface area contributed by atoms with E-state index in [-0.39, 0.29) is 0 Å². The lowest BCUT2D eigenvalue weighted by molar-refractivity contribution is 0.591. The summed E-state index contributed by atoms with van der Waals surface area (Å²) in [7, 11) is 0. The molecule has 0 unspecified atom stereocenters. The quantitative estimate of drug-likeness (QED) is 0.850. The monoisotopic (exact) mass is 247 g/mol. The third kappa shape index (κ3) is 2.53. The van der Waals surface area contributed by atoms with Crippen LogP contribution in [0.1, 0.15) is 36.8 Å². The van der Waals surface area contributed by atoms with E-state index in [0.717, 1.165) is 13.0 Å². The van der Waals surface area contributed by atoms with Gasteiger partial charge in [0.25, 0.3) is 0 Å². The predicted octanol–water partition coefficient (Wildman–Crippen LogP) is 4.27. The van der Waals surface area contributed by atoms with Crippen molar-refractivity contribution in [3.63, 3.8) is 0 Å². The van der Waals surface area contributed by atoms with Crippen LogP contribution < -0.4 is 5.32 Å². The molecule has 0 spiro atoms. The average molecular weight is 247 g/mol. The Kier molecular flexibility index (Phi) is 3.85. The Labute approximate surface area is 108 Å². The molecule has 2 rings (SSSR count). The highest BCUT2D eigenvalue weighted by Crippen LogP contribution is 2.33. The summed E-state index contributed by atoms with van der Waals surface area (Å²) in [5.74, 6) is 0. The molecule has 0 aliphatic rings. The smallest absolute Gasteiger partial charge is 0.0378 e. The lowest BCUT2D eigenvalue weighted by atomic mass is 10.1. The molecule has 0 atom stereocenters. The Morgan fingerprint density at radius 2 is 2.06 bits per heavy atom. The van der Waals surface area contributed by atoms with E-state index in [1.807, 2.05) is 11.3 Å². The van der Waals surface area contributed by atoms with Crippen LogP contribution in [0.5, 0.6) is 0 Å². The van der Waals surface area contributed by atoms with Crippen molar-refractivity contribution in [2.24, 2.45) is 0 Å². The number of fused-ring (bicyclic) bond motifs is 1. The maximum Gasteiger partial charge on any atom is 0.0378 e.